The summed E-state index contributed by atoms with van der Waals surface area (Å²) in [6, 6.07) is 6.70. The second kappa shape index (κ2) is 7.93. The van der Waals surface area contributed by atoms with Crippen molar-refractivity contribution < 1.29 is 23.9 Å². The van der Waals surface area contributed by atoms with E-state index in [0.29, 0.717) is 11.4 Å². The Balaban J connectivity index is 2.42. The molecule has 6 heteroatoms. The summed E-state index contributed by atoms with van der Waals surface area (Å²) >= 11 is 0. The maximum atomic E-state index is 11.6. The Hall–Kier alpha value is -2.37. The fraction of sp³-hybridized carbons (Fsp3) is 0.357. The lowest BCUT2D eigenvalue weighted by Crippen LogP contribution is -2.19. The van der Waals surface area contributed by atoms with Crippen molar-refractivity contribution in [1.82, 2.24) is 0 Å². The van der Waals surface area contributed by atoms with Crippen molar-refractivity contribution in [2.75, 3.05) is 19.0 Å². The molecule has 0 aliphatic carbocycles. The van der Waals surface area contributed by atoms with E-state index in [9.17, 15) is 14.4 Å². The lowest BCUT2D eigenvalue weighted by molar-refractivity contribution is -0.145. The Morgan fingerprint density at radius 1 is 1.10 bits per heavy atom. The van der Waals surface area contributed by atoms with E-state index in [0.717, 1.165) is 0 Å². The number of rotatable bonds is 7. The van der Waals surface area contributed by atoms with E-state index in [-0.39, 0.29) is 19.4 Å². The molecule has 1 amide bonds. The first-order valence-electron chi connectivity index (χ1n) is 6.16. The molecule has 0 radical (unpaired) electrons. The first kappa shape index (κ1) is 15.7. The van der Waals surface area contributed by atoms with E-state index >= 15 is 0 Å². The first-order valence-corrected chi connectivity index (χ1v) is 6.16. The standard InChI is InChI=1S/C14H17NO5/c1-3-20-14(18)9-11(16)8-13(17)15-10-4-6-12(19-2)7-5-10/h4-7H,3,8-9H2,1-2H3,(H,15,17). The Kier molecular flexibility index (Phi) is 6.22. The van der Waals surface area contributed by atoms with Crippen LogP contribution >= 0.6 is 0 Å². The number of amides is 1. The highest BCUT2D eigenvalue weighted by atomic mass is 16.5. The molecule has 0 aliphatic rings. The molecule has 6 nitrogen and oxygen atoms in total. The molecule has 0 aromatic heterocycles. The van der Waals surface area contributed by atoms with Crippen LogP contribution in [0.1, 0.15) is 19.8 Å². The molecule has 1 aromatic rings. The summed E-state index contributed by atoms with van der Waals surface area (Å²) in [4.78, 5) is 34.1. The Morgan fingerprint density at radius 2 is 1.75 bits per heavy atom. The number of hydrogen-bond acceptors (Lipinski definition) is 5. The minimum Gasteiger partial charge on any atom is -0.497 e. The lowest BCUT2D eigenvalue weighted by atomic mass is 10.2. The minimum absolute atomic E-state index is 0.212. The van der Waals surface area contributed by atoms with Crippen molar-refractivity contribution in [2.24, 2.45) is 0 Å². The average molecular weight is 279 g/mol. The van der Waals surface area contributed by atoms with E-state index in [4.69, 9.17) is 4.74 Å². The highest BCUT2D eigenvalue weighted by Gasteiger charge is 2.14. The molecule has 0 spiro atoms. The fourth-order valence-corrected chi connectivity index (χ4v) is 1.49. The van der Waals surface area contributed by atoms with Gasteiger partial charge in [-0.05, 0) is 31.2 Å². The van der Waals surface area contributed by atoms with Gasteiger partial charge < -0.3 is 14.8 Å². The van der Waals surface area contributed by atoms with Crippen LogP contribution in [0.3, 0.4) is 0 Å². The summed E-state index contributed by atoms with van der Waals surface area (Å²) in [5.41, 5.74) is 0.555. The maximum Gasteiger partial charge on any atom is 0.313 e. The molecule has 108 valence electrons. The van der Waals surface area contributed by atoms with Gasteiger partial charge in [-0.3, -0.25) is 14.4 Å². The molecule has 20 heavy (non-hydrogen) atoms. The third kappa shape index (κ3) is 5.51. The molecular formula is C14H17NO5. The summed E-state index contributed by atoms with van der Waals surface area (Å²) in [6.45, 7) is 1.86. The summed E-state index contributed by atoms with van der Waals surface area (Å²) in [7, 11) is 1.54. The van der Waals surface area contributed by atoms with Crippen molar-refractivity contribution in [3.63, 3.8) is 0 Å². The second-order valence-corrected chi connectivity index (χ2v) is 3.97. The molecule has 0 fully saturated rings. The second-order valence-electron chi connectivity index (χ2n) is 3.97. The largest absolute Gasteiger partial charge is 0.497 e. The molecular weight excluding hydrogens is 262 g/mol. The van der Waals surface area contributed by atoms with E-state index in [1.54, 1.807) is 38.3 Å². The number of anilines is 1. The van der Waals surface area contributed by atoms with Gasteiger partial charge in [0, 0.05) is 5.69 Å². The first-order chi connectivity index (χ1) is 9.55. The number of Topliss-reactive ketones (excluding diaryl/α,β-unsaturated/α-hetero) is 1. The molecule has 0 saturated carbocycles. The molecule has 0 aliphatic heterocycles. The van der Waals surface area contributed by atoms with E-state index in [1.165, 1.54) is 0 Å². The maximum absolute atomic E-state index is 11.6. The van der Waals surface area contributed by atoms with Gasteiger partial charge in [-0.15, -0.1) is 0 Å². The van der Waals surface area contributed by atoms with Crippen LogP contribution < -0.4 is 10.1 Å². The van der Waals surface area contributed by atoms with Crippen molar-refractivity contribution in [1.29, 1.82) is 0 Å². The van der Waals surface area contributed by atoms with Crippen molar-refractivity contribution >= 4 is 23.3 Å². The van der Waals surface area contributed by atoms with Crippen molar-refractivity contribution in [3.8, 4) is 5.75 Å². The van der Waals surface area contributed by atoms with Crippen LogP contribution in [-0.2, 0) is 19.1 Å². The van der Waals surface area contributed by atoms with Gasteiger partial charge in [0.05, 0.1) is 20.1 Å². The molecule has 0 saturated heterocycles. The normalized spacial score (nSPS) is 9.70. The number of esters is 1. The van der Waals surface area contributed by atoms with Crippen molar-refractivity contribution in [3.05, 3.63) is 24.3 Å². The van der Waals surface area contributed by atoms with E-state index in [2.05, 4.69) is 10.1 Å². The lowest BCUT2D eigenvalue weighted by Gasteiger charge is -2.06. The van der Waals surface area contributed by atoms with Gasteiger partial charge in [0.15, 0.2) is 5.78 Å². The Labute approximate surface area is 117 Å². The van der Waals surface area contributed by atoms with Crippen LogP contribution in [0.15, 0.2) is 24.3 Å². The van der Waals surface area contributed by atoms with Gasteiger partial charge in [-0.1, -0.05) is 0 Å². The Morgan fingerprint density at radius 3 is 2.30 bits per heavy atom. The number of ether oxygens (including phenoxy) is 2. The average Bonchev–Trinajstić information content (AvgIpc) is 2.39. The minimum atomic E-state index is -0.616. The molecule has 1 N–H and O–H groups in total. The van der Waals surface area contributed by atoms with Crippen LogP contribution in [0, 0.1) is 0 Å². The number of nitrogens with one attached hydrogen (secondary N) is 1. The monoisotopic (exact) mass is 279 g/mol. The molecule has 0 unspecified atom stereocenters. The summed E-state index contributed by atoms with van der Waals surface area (Å²) in [5.74, 6) is -0.893. The van der Waals surface area contributed by atoms with Crippen LogP contribution in [0.2, 0.25) is 0 Å². The van der Waals surface area contributed by atoms with Crippen LogP contribution in [0.4, 0.5) is 5.69 Å². The SMILES string of the molecule is CCOC(=O)CC(=O)CC(=O)Nc1ccc(OC)cc1. The predicted octanol–water partition coefficient (Wildman–Crippen LogP) is 1.55. The topological polar surface area (TPSA) is 81.7 Å². The third-order valence-electron chi connectivity index (χ3n) is 2.38. The molecule has 1 aromatic carbocycles. The zero-order chi connectivity index (χ0) is 15.0. The number of carbonyl (C=O) groups excluding carboxylic acids is 3. The van der Waals surface area contributed by atoms with Crippen LogP contribution in [-0.4, -0.2) is 31.4 Å². The quantitative estimate of drug-likeness (QED) is 0.605. The number of carbonyl (C=O) groups is 3. The number of benzene rings is 1. The van der Waals surface area contributed by atoms with Gasteiger partial charge in [0.25, 0.3) is 0 Å². The third-order valence-corrected chi connectivity index (χ3v) is 2.38. The highest BCUT2D eigenvalue weighted by molar-refractivity contribution is 6.08. The Bertz CT molecular complexity index is 481. The summed E-state index contributed by atoms with van der Waals surface area (Å²) in [6.07, 6.45) is -0.741. The fourth-order valence-electron chi connectivity index (χ4n) is 1.49. The summed E-state index contributed by atoms with van der Waals surface area (Å²) in [5, 5.41) is 2.56. The zero-order valence-electron chi connectivity index (χ0n) is 11.5. The van der Waals surface area contributed by atoms with Gasteiger partial charge in [-0.2, -0.15) is 0 Å². The smallest absolute Gasteiger partial charge is 0.313 e. The molecule has 1 rings (SSSR count). The zero-order valence-corrected chi connectivity index (χ0v) is 11.5. The number of ketones is 1. The molecule has 0 bridgehead atoms. The van der Waals surface area contributed by atoms with Crippen LogP contribution in [0.25, 0.3) is 0 Å². The highest BCUT2D eigenvalue weighted by Crippen LogP contribution is 2.15. The van der Waals surface area contributed by atoms with Crippen LogP contribution in [0.5, 0.6) is 5.75 Å². The van der Waals surface area contributed by atoms with Crippen molar-refractivity contribution in [2.45, 2.75) is 19.8 Å². The number of methoxy groups -OCH3 is 1. The van der Waals surface area contributed by atoms with Gasteiger partial charge in [0.2, 0.25) is 5.91 Å². The van der Waals surface area contributed by atoms with E-state index < -0.39 is 17.7 Å². The summed E-state index contributed by atoms with van der Waals surface area (Å²) < 4.78 is 9.62. The number of hydrogen-bond donors (Lipinski definition) is 1. The van der Waals surface area contributed by atoms with E-state index in [1.807, 2.05) is 0 Å². The van der Waals surface area contributed by atoms with Gasteiger partial charge in [-0.25, -0.2) is 0 Å². The van der Waals surface area contributed by atoms with Gasteiger partial charge >= 0.3 is 5.97 Å². The molecule has 0 heterocycles. The molecule has 0 atom stereocenters. The van der Waals surface area contributed by atoms with Gasteiger partial charge in [0.1, 0.15) is 12.2 Å². The predicted molar refractivity (Wildman–Crippen MR) is 72.5 cm³/mol.